The molecular formula is C25H38O3. The van der Waals surface area contributed by atoms with Crippen molar-refractivity contribution in [2.75, 3.05) is 0 Å². The standard InChI is InChI=1S/C25H38O3/c1-19(14-15-21-12-8-9-13-24(21)25(2,3)28)10-6-4-5-7-11-20-16-22(26)18-23(27)17-20/h5,7-9,11-13,19,22-23,26-28H,4,6,10,14-18H2,1-3H3/b7-5+/t19-,22+,23+/m0/s1. The Bertz CT molecular complexity index is 642. The van der Waals surface area contributed by atoms with Crippen LogP contribution in [0.3, 0.4) is 0 Å². The molecule has 156 valence electrons. The van der Waals surface area contributed by atoms with Crippen molar-refractivity contribution < 1.29 is 15.3 Å². The Balaban J connectivity index is 1.69. The Kier molecular flexibility index (Phi) is 8.94. The van der Waals surface area contributed by atoms with Crippen LogP contribution in [0, 0.1) is 5.92 Å². The number of hydrogen-bond donors (Lipinski definition) is 3. The highest BCUT2D eigenvalue weighted by Gasteiger charge is 2.21. The minimum atomic E-state index is -0.788. The van der Waals surface area contributed by atoms with Crippen molar-refractivity contribution in [1.82, 2.24) is 0 Å². The average Bonchev–Trinajstić information content (AvgIpc) is 2.61. The van der Waals surface area contributed by atoms with E-state index in [1.165, 1.54) is 18.4 Å². The predicted octanol–water partition coefficient (Wildman–Crippen LogP) is 5.04. The van der Waals surface area contributed by atoms with Crippen LogP contribution < -0.4 is 0 Å². The van der Waals surface area contributed by atoms with Gasteiger partial charge in [-0.25, -0.2) is 0 Å². The average molecular weight is 387 g/mol. The van der Waals surface area contributed by atoms with Gasteiger partial charge in [-0.15, -0.1) is 0 Å². The summed E-state index contributed by atoms with van der Waals surface area (Å²) in [5.41, 5.74) is 2.64. The second-order valence-corrected chi connectivity index (χ2v) is 9.00. The first-order valence-electron chi connectivity index (χ1n) is 10.8. The van der Waals surface area contributed by atoms with Crippen molar-refractivity contribution in [3.05, 3.63) is 59.2 Å². The smallest absolute Gasteiger partial charge is 0.0843 e. The SMILES string of the molecule is C[C@@H](CCC/C=C/C=C1C[C@@H](O)C[C@H](O)C1)CCc1ccccc1C(C)(C)O. The summed E-state index contributed by atoms with van der Waals surface area (Å²) in [6.45, 7) is 6.01. The Morgan fingerprint density at radius 1 is 1.11 bits per heavy atom. The van der Waals surface area contributed by atoms with Crippen LogP contribution in [-0.2, 0) is 12.0 Å². The summed E-state index contributed by atoms with van der Waals surface area (Å²) in [4.78, 5) is 0. The molecule has 0 aromatic heterocycles. The van der Waals surface area contributed by atoms with Crippen LogP contribution in [0.2, 0.25) is 0 Å². The minimum absolute atomic E-state index is 0.397. The van der Waals surface area contributed by atoms with E-state index in [0.29, 0.717) is 25.2 Å². The van der Waals surface area contributed by atoms with E-state index >= 15 is 0 Å². The van der Waals surface area contributed by atoms with E-state index in [-0.39, 0.29) is 0 Å². The summed E-state index contributed by atoms with van der Waals surface area (Å²) >= 11 is 0. The van der Waals surface area contributed by atoms with Gasteiger partial charge in [-0.3, -0.25) is 0 Å². The second-order valence-electron chi connectivity index (χ2n) is 9.00. The molecular weight excluding hydrogens is 348 g/mol. The Morgan fingerprint density at radius 3 is 2.46 bits per heavy atom. The third-order valence-corrected chi connectivity index (χ3v) is 5.66. The summed E-state index contributed by atoms with van der Waals surface area (Å²) in [7, 11) is 0. The van der Waals surface area contributed by atoms with Crippen molar-refractivity contribution in [3.63, 3.8) is 0 Å². The quantitative estimate of drug-likeness (QED) is 0.521. The van der Waals surface area contributed by atoms with Gasteiger partial charge in [0, 0.05) is 0 Å². The van der Waals surface area contributed by atoms with Gasteiger partial charge in [-0.05, 0) is 75.8 Å². The summed E-state index contributed by atoms with van der Waals surface area (Å²) in [6, 6.07) is 8.22. The third kappa shape index (κ3) is 7.90. The molecule has 1 aromatic carbocycles. The zero-order valence-electron chi connectivity index (χ0n) is 17.8. The first-order valence-corrected chi connectivity index (χ1v) is 10.8. The highest BCUT2D eigenvalue weighted by molar-refractivity contribution is 5.31. The Hall–Kier alpha value is -1.42. The maximum Gasteiger partial charge on any atom is 0.0843 e. The third-order valence-electron chi connectivity index (χ3n) is 5.66. The van der Waals surface area contributed by atoms with Gasteiger partial charge in [0.15, 0.2) is 0 Å². The van der Waals surface area contributed by atoms with E-state index in [1.54, 1.807) is 0 Å². The normalized spacial score (nSPS) is 21.9. The van der Waals surface area contributed by atoms with Crippen LogP contribution in [0.5, 0.6) is 0 Å². The zero-order valence-corrected chi connectivity index (χ0v) is 17.8. The van der Waals surface area contributed by atoms with E-state index in [0.717, 1.165) is 30.4 Å². The van der Waals surface area contributed by atoms with E-state index in [9.17, 15) is 15.3 Å². The molecule has 2 rings (SSSR count). The molecule has 3 atom stereocenters. The van der Waals surface area contributed by atoms with Crippen LogP contribution in [0.15, 0.2) is 48.1 Å². The lowest BCUT2D eigenvalue weighted by Gasteiger charge is -2.24. The number of rotatable bonds is 9. The number of allylic oxidation sites excluding steroid dienone is 3. The molecule has 1 aromatic rings. The maximum atomic E-state index is 10.3. The molecule has 1 aliphatic carbocycles. The monoisotopic (exact) mass is 386 g/mol. The molecule has 0 aliphatic heterocycles. The molecule has 1 fully saturated rings. The highest BCUT2D eigenvalue weighted by Crippen LogP contribution is 2.26. The van der Waals surface area contributed by atoms with Crippen LogP contribution in [-0.4, -0.2) is 27.5 Å². The first kappa shape index (κ1) is 22.9. The molecule has 1 saturated carbocycles. The summed E-state index contributed by atoms with van der Waals surface area (Å²) in [5.74, 6) is 0.658. The number of aliphatic hydroxyl groups excluding tert-OH is 2. The van der Waals surface area contributed by atoms with Crippen LogP contribution in [0.1, 0.15) is 76.8 Å². The molecule has 0 amide bonds. The van der Waals surface area contributed by atoms with Crippen LogP contribution >= 0.6 is 0 Å². The topological polar surface area (TPSA) is 60.7 Å². The summed E-state index contributed by atoms with van der Waals surface area (Å²) in [6.07, 6.45) is 13.0. The molecule has 0 bridgehead atoms. The van der Waals surface area contributed by atoms with Gasteiger partial charge in [0.25, 0.3) is 0 Å². The van der Waals surface area contributed by atoms with Crippen LogP contribution in [0.25, 0.3) is 0 Å². The molecule has 1 aliphatic rings. The van der Waals surface area contributed by atoms with Gasteiger partial charge in [0.05, 0.1) is 17.8 Å². The van der Waals surface area contributed by atoms with Crippen molar-refractivity contribution >= 4 is 0 Å². The number of benzene rings is 1. The summed E-state index contributed by atoms with van der Waals surface area (Å²) in [5, 5.41) is 29.8. The van der Waals surface area contributed by atoms with Crippen molar-refractivity contribution in [1.29, 1.82) is 0 Å². The number of unbranched alkanes of at least 4 members (excludes halogenated alkanes) is 1. The number of hydrogen-bond acceptors (Lipinski definition) is 3. The van der Waals surface area contributed by atoms with Gasteiger partial charge in [-0.2, -0.15) is 0 Å². The largest absolute Gasteiger partial charge is 0.393 e. The molecule has 0 heterocycles. The molecule has 0 saturated heterocycles. The van der Waals surface area contributed by atoms with Gasteiger partial charge in [0.2, 0.25) is 0 Å². The molecule has 0 unspecified atom stereocenters. The van der Waals surface area contributed by atoms with Gasteiger partial charge < -0.3 is 15.3 Å². The zero-order chi connectivity index (χ0) is 20.6. The van der Waals surface area contributed by atoms with E-state index in [1.807, 2.05) is 26.0 Å². The fourth-order valence-corrected chi connectivity index (χ4v) is 4.07. The maximum absolute atomic E-state index is 10.3. The first-order chi connectivity index (χ1) is 13.3. The van der Waals surface area contributed by atoms with Gasteiger partial charge in [0.1, 0.15) is 0 Å². The van der Waals surface area contributed by atoms with E-state index in [4.69, 9.17) is 0 Å². The summed E-state index contributed by atoms with van der Waals surface area (Å²) < 4.78 is 0. The number of aliphatic hydroxyl groups is 3. The van der Waals surface area contributed by atoms with Gasteiger partial charge in [-0.1, -0.05) is 61.4 Å². The van der Waals surface area contributed by atoms with E-state index in [2.05, 4.69) is 37.3 Å². The Labute approximate surface area is 170 Å². The second kappa shape index (κ2) is 10.9. The lowest BCUT2D eigenvalue weighted by Crippen LogP contribution is -2.24. The molecule has 0 spiro atoms. The highest BCUT2D eigenvalue weighted by atomic mass is 16.3. The molecule has 28 heavy (non-hydrogen) atoms. The fourth-order valence-electron chi connectivity index (χ4n) is 4.07. The van der Waals surface area contributed by atoms with Gasteiger partial charge >= 0.3 is 0 Å². The van der Waals surface area contributed by atoms with Crippen molar-refractivity contribution in [2.45, 2.75) is 89.9 Å². The number of aryl methyl sites for hydroxylation is 1. The minimum Gasteiger partial charge on any atom is -0.393 e. The molecule has 3 nitrogen and oxygen atoms in total. The fraction of sp³-hybridized carbons (Fsp3) is 0.600. The van der Waals surface area contributed by atoms with Crippen molar-refractivity contribution in [2.24, 2.45) is 5.92 Å². The Morgan fingerprint density at radius 2 is 1.79 bits per heavy atom. The molecule has 3 heteroatoms. The van der Waals surface area contributed by atoms with Crippen LogP contribution in [0.4, 0.5) is 0 Å². The predicted molar refractivity (Wildman–Crippen MR) is 116 cm³/mol. The molecule has 3 N–H and O–H groups in total. The van der Waals surface area contributed by atoms with Crippen molar-refractivity contribution in [3.8, 4) is 0 Å². The van der Waals surface area contributed by atoms with E-state index < -0.39 is 17.8 Å². The molecule has 0 radical (unpaired) electrons. The lowest BCUT2D eigenvalue weighted by molar-refractivity contribution is 0.0609. The lowest BCUT2D eigenvalue weighted by atomic mass is 9.88.